The van der Waals surface area contributed by atoms with Crippen LogP contribution < -0.4 is 5.32 Å². The van der Waals surface area contributed by atoms with E-state index < -0.39 is 0 Å². The minimum Gasteiger partial charge on any atom is -0.347 e. The number of amides is 1. The van der Waals surface area contributed by atoms with Gasteiger partial charge in [0.1, 0.15) is 11.6 Å². The van der Waals surface area contributed by atoms with Gasteiger partial charge in [0.25, 0.3) is 5.91 Å². The number of nitrogens with zero attached hydrogens (tertiary/aromatic N) is 3. The van der Waals surface area contributed by atoms with Gasteiger partial charge in [0.2, 0.25) is 0 Å². The lowest BCUT2D eigenvalue weighted by Crippen LogP contribution is -2.35. The molecule has 0 saturated heterocycles. The van der Waals surface area contributed by atoms with Gasteiger partial charge in [0.15, 0.2) is 0 Å². The standard InChI is InChI=1S/C12H16N4OS/c1-8(7-16-10(3)14-9(2)15-16)13-12(17)11-5-4-6-18-11/h4-6,8H,7H2,1-3H3,(H,13,17)/t8-/m0/s1. The van der Waals surface area contributed by atoms with Gasteiger partial charge < -0.3 is 5.32 Å². The predicted molar refractivity (Wildman–Crippen MR) is 70.7 cm³/mol. The quantitative estimate of drug-likeness (QED) is 0.915. The Morgan fingerprint density at radius 2 is 2.33 bits per heavy atom. The summed E-state index contributed by atoms with van der Waals surface area (Å²) in [6, 6.07) is 3.70. The van der Waals surface area contributed by atoms with E-state index >= 15 is 0 Å². The molecule has 2 aromatic rings. The Morgan fingerprint density at radius 1 is 1.56 bits per heavy atom. The normalized spacial score (nSPS) is 12.4. The first-order valence-corrected chi connectivity index (χ1v) is 6.66. The maximum absolute atomic E-state index is 11.9. The van der Waals surface area contributed by atoms with Crippen LogP contribution in [0.25, 0.3) is 0 Å². The molecule has 0 bridgehead atoms. The van der Waals surface area contributed by atoms with Gasteiger partial charge in [-0.05, 0) is 32.2 Å². The number of thiophene rings is 1. The molecule has 2 rings (SSSR count). The van der Waals surface area contributed by atoms with Crippen molar-refractivity contribution in [2.75, 3.05) is 0 Å². The van der Waals surface area contributed by atoms with Gasteiger partial charge in [-0.25, -0.2) is 9.67 Å². The lowest BCUT2D eigenvalue weighted by Gasteiger charge is -2.13. The first-order chi connectivity index (χ1) is 8.56. The van der Waals surface area contributed by atoms with Gasteiger partial charge >= 0.3 is 0 Å². The van der Waals surface area contributed by atoms with Gasteiger partial charge in [-0.15, -0.1) is 11.3 Å². The Morgan fingerprint density at radius 3 is 2.89 bits per heavy atom. The van der Waals surface area contributed by atoms with Crippen molar-refractivity contribution in [3.05, 3.63) is 34.0 Å². The van der Waals surface area contributed by atoms with Gasteiger partial charge in [-0.3, -0.25) is 4.79 Å². The van der Waals surface area contributed by atoms with Crippen molar-refractivity contribution in [2.45, 2.75) is 33.4 Å². The summed E-state index contributed by atoms with van der Waals surface area (Å²) in [7, 11) is 0. The number of hydrogen-bond donors (Lipinski definition) is 1. The third-order valence-corrected chi connectivity index (χ3v) is 3.40. The molecule has 0 radical (unpaired) electrons. The number of carbonyl (C=O) groups excluding carboxylic acids is 1. The van der Waals surface area contributed by atoms with Crippen molar-refractivity contribution in [2.24, 2.45) is 0 Å². The summed E-state index contributed by atoms with van der Waals surface area (Å²) in [5.74, 6) is 1.58. The molecule has 6 heteroatoms. The van der Waals surface area contributed by atoms with Crippen LogP contribution in [0.5, 0.6) is 0 Å². The second-order valence-corrected chi connectivity index (χ2v) is 5.19. The molecule has 5 nitrogen and oxygen atoms in total. The molecule has 0 aliphatic carbocycles. The molecule has 2 aromatic heterocycles. The number of nitrogens with one attached hydrogen (secondary N) is 1. The summed E-state index contributed by atoms with van der Waals surface area (Å²) in [6.45, 7) is 6.36. The third-order valence-electron chi connectivity index (χ3n) is 2.53. The maximum Gasteiger partial charge on any atom is 0.261 e. The molecule has 0 spiro atoms. The Hall–Kier alpha value is -1.69. The summed E-state index contributed by atoms with van der Waals surface area (Å²) in [4.78, 5) is 16.8. The largest absolute Gasteiger partial charge is 0.347 e. The molecule has 1 amide bonds. The minimum atomic E-state index is -0.0352. The van der Waals surface area contributed by atoms with E-state index in [0.29, 0.717) is 6.54 Å². The molecule has 0 aliphatic rings. The van der Waals surface area contributed by atoms with Gasteiger partial charge in [-0.1, -0.05) is 6.07 Å². The highest BCUT2D eigenvalue weighted by atomic mass is 32.1. The van der Waals surface area contributed by atoms with Crippen LogP contribution in [0.2, 0.25) is 0 Å². The third kappa shape index (κ3) is 2.95. The van der Waals surface area contributed by atoms with E-state index in [0.717, 1.165) is 16.5 Å². The second-order valence-electron chi connectivity index (χ2n) is 4.24. The minimum absolute atomic E-state index is 0.0133. The molecule has 0 aliphatic heterocycles. The predicted octanol–water partition coefficient (Wildman–Crippen LogP) is 1.77. The van der Waals surface area contributed by atoms with Crippen molar-refractivity contribution in [1.29, 1.82) is 0 Å². The Kier molecular flexibility index (Phi) is 3.76. The van der Waals surface area contributed by atoms with E-state index in [4.69, 9.17) is 0 Å². The van der Waals surface area contributed by atoms with E-state index in [2.05, 4.69) is 15.4 Å². The van der Waals surface area contributed by atoms with Crippen LogP contribution in [-0.2, 0) is 6.54 Å². The van der Waals surface area contributed by atoms with Crippen LogP contribution in [0.3, 0.4) is 0 Å². The number of carbonyl (C=O) groups is 1. The number of aryl methyl sites for hydroxylation is 2. The lowest BCUT2D eigenvalue weighted by molar-refractivity contribution is 0.0940. The van der Waals surface area contributed by atoms with Crippen molar-refractivity contribution >= 4 is 17.2 Å². The topological polar surface area (TPSA) is 59.8 Å². The van der Waals surface area contributed by atoms with Crippen molar-refractivity contribution < 1.29 is 4.79 Å². The van der Waals surface area contributed by atoms with E-state index in [1.165, 1.54) is 11.3 Å². The molecular weight excluding hydrogens is 248 g/mol. The highest BCUT2D eigenvalue weighted by Gasteiger charge is 2.12. The molecule has 0 fully saturated rings. The maximum atomic E-state index is 11.9. The molecular formula is C12H16N4OS. The molecule has 0 aromatic carbocycles. The van der Waals surface area contributed by atoms with E-state index in [-0.39, 0.29) is 11.9 Å². The second kappa shape index (κ2) is 5.30. The van der Waals surface area contributed by atoms with Gasteiger partial charge in [0.05, 0.1) is 11.4 Å². The SMILES string of the molecule is Cc1nc(C)n(C[C@H](C)NC(=O)c2cccs2)n1. The number of rotatable bonds is 4. The molecule has 0 unspecified atom stereocenters. The fourth-order valence-corrected chi connectivity index (χ4v) is 2.37. The highest BCUT2D eigenvalue weighted by Crippen LogP contribution is 2.08. The Bertz CT molecular complexity index is 532. The average molecular weight is 264 g/mol. The monoisotopic (exact) mass is 264 g/mol. The molecule has 0 saturated carbocycles. The lowest BCUT2D eigenvalue weighted by atomic mass is 10.3. The zero-order valence-electron chi connectivity index (χ0n) is 10.7. The smallest absolute Gasteiger partial charge is 0.261 e. The van der Waals surface area contributed by atoms with Crippen LogP contribution >= 0.6 is 11.3 Å². The summed E-state index contributed by atoms with van der Waals surface area (Å²) in [6.07, 6.45) is 0. The van der Waals surface area contributed by atoms with Crippen LogP contribution in [-0.4, -0.2) is 26.7 Å². The zero-order valence-corrected chi connectivity index (χ0v) is 11.5. The summed E-state index contributed by atoms with van der Waals surface area (Å²) >= 11 is 1.44. The fourth-order valence-electron chi connectivity index (χ4n) is 1.74. The summed E-state index contributed by atoms with van der Waals surface area (Å²) in [5.41, 5.74) is 0. The first-order valence-electron chi connectivity index (χ1n) is 5.78. The molecule has 18 heavy (non-hydrogen) atoms. The molecule has 1 atom stereocenters. The highest BCUT2D eigenvalue weighted by molar-refractivity contribution is 7.12. The molecule has 2 heterocycles. The van der Waals surface area contributed by atoms with Crippen LogP contribution in [0.15, 0.2) is 17.5 Å². The van der Waals surface area contributed by atoms with E-state index in [9.17, 15) is 4.79 Å². The van der Waals surface area contributed by atoms with E-state index in [1.54, 1.807) is 0 Å². The summed E-state index contributed by atoms with van der Waals surface area (Å²) < 4.78 is 1.81. The number of hydrogen-bond acceptors (Lipinski definition) is 4. The van der Waals surface area contributed by atoms with E-state index in [1.807, 2.05) is 43.0 Å². The van der Waals surface area contributed by atoms with Crippen LogP contribution in [0.1, 0.15) is 28.2 Å². The Balaban J connectivity index is 1.95. The van der Waals surface area contributed by atoms with Crippen molar-refractivity contribution in [3.8, 4) is 0 Å². The molecule has 1 N–H and O–H groups in total. The van der Waals surface area contributed by atoms with Gasteiger partial charge in [-0.2, -0.15) is 5.10 Å². The van der Waals surface area contributed by atoms with Crippen molar-refractivity contribution in [3.63, 3.8) is 0 Å². The van der Waals surface area contributed by atoms with Crippen molar-refractivity contribution in [1.82, 2.24) is 20.1 Å². The van der Waals surface area contributed by atoms with Gasteiger partial charge in [0, 0.05) is 6.04 Å². The first kappa shape index (κ1) is 12.8. The van der Waals surface area contributed by atoms with Crippen LogP contribution in [0, 0.1) is 13.8 Å². The number of aromatic nitrogens is 3. The Labute approximate surface area is 110 Å². The summed E-state index contributed by atoms with van der Waals surface area (Å²) in [5, 5.41) is 9.12. The van der Waals surface area contributed by atoms with Crippen LogP contribution in [0.4, 0.5) is 0 Å². The fraction of sp³-hybridized carbons (Fsp3) is 0.417. The average Bonchev–Trinajstić information content (AvgIpc) is 2.89. The zero-order chi connectivity index (χ0) is 13.1. The molecule has 96 valence electrons.